The number of aromatic amines is 1. The summed E-state index contributed by atoms with van der Waals surface area (Å²) < 4.78 is 0. The molecule has 1 aliphatic carbocycles. The summed E-state index contributed by atoms with van der Waals surface area (Å²) in [7, 11) is 0. The molecule has 1 amide bonds. The molecule has 0 bridgehead atoms. The third kappa shape index (κ3) is 3.85. The molecule has 0 spiro atoms. The molecular formula is C17H20N4O4. The van der Waals surface area contributed by atoms with Gasteiger partial charge >= 0.3 is 5.69 Å². The van der Waals surface area contributed by atoms with Gasteiger partial charge in [0.05, 0.1) is 17.1 Å². The Labute approximate surface area is 144 Å². The van der Waals surface area contributed by atoms with Crippen LogP contribution in [0.4, 0.5) is 5.69 Å². The van der Waals surface area contributed by atoms with Gasteiger partial charge in [-0.3, -0.25) is 20.0 Å². The number of nitrogens with zero attached hydrogens (tertiary/aromatic N) is 3. The summed E-state index contributed by atoms with van der Waals surface area (Å²) in [4.78, 5) is 24.8. The normalized spacial score (nSPS) is 15.9. The second kappa shape index (κ2) is 7.02. The van der Waals surface area contributed by atoms with Gasteiger partial charge in [0.1, 0.15) is 6.20 Å². The number of hydrogen-bond donors (Lipinski definition) is 2. The van der Waals surface area contributed by atoms with Crippen molar-refractivity contribution in [3.05, 3.63) is 57.9 Å². The zero-order valence-electron chi connectivity index (χ0n) is 13.7. The standard InChI is InChI=1S/C17H20N4O4/c22-16(15-14(21(24)25)10-18-19-15)20(11-13-6-2-1-3-7-13)12-17(23)8-4-5-9-17/h1-3,6-7,10,23H,4-5,8-9,11-12H2,(H,18,19). The molecule has 1 aromatic carbocycles. The topological polar surface area (TPSA) is 112 Å². The van der Waals surface area contributed by atoms with E-state index in [1.165, 1.54) is 4.90 Å². The number of amides is 1. The van der Waals surface area contributed by atoms with Crippen LogP contribution in [0.2, 0.25) is 0 Å². The average Bonchev–Trinajstić information content (AvgIpc) is 3.24. The van der Waals surface area contributed by atoms with E-state index in [4.69, 9.17) is 0 Å². The largest absolute Gasteiger partial charge is 0.388 e. The Balaban J connectivity index is 1.88. The van der Waals surface area contributed by atoms with Crippen molar-refractivity contribution in [1.29, 1.82) is 0 Å². The van der Waals surface area contributed by atoms with Gasteiger partial charge in [-0.05, 0) is 18.4 Å². The average molecular weight is 344 g/mol. The lowest BCUT2D eigenvalue weighted by Gasteiger charge is -2.31. The van der Waals surface area contributed by atoms with Crippen LogP contribution < -0.4 is 0 Å². The molecule has 2 N–H and O–H groups in total. The van der Waals surface area contributed by atoms with Crippen molar-refractivity contribution in [2.75, 3.05) is 6.54 Å². The first kappa shape index (κ1) is 17.1. The lowest BCUT2D eigenvalue weighted by molar-refractivity contribution is -0.385. The van der Waals surface area contributed by atoms with Gasteiger partial charge in [-0.25, -0.2) is 0 Å². The highest BCUT2D eigenvalue weighted by atomic mass is 16.6. The number of aliphatic hydroxyl groups is 1. The van der Waals surface area contributed by atoms with E-state index in [-0.39, 0.29) is 24.5 Å². The van der Waals surface area contributed by atoms with Crippen LogP contribution in [0.25, 0.3) is 0 Å². The molecule has 2 aromatic rings. The maximum atomic E-state index is 12.9. The van der Waals surface area contributed by atoms with Gasteiger partial charge in [0.15, 0.2) is 0 Å². The lowest BCUT2D eigenvalue weighted by atomic mass is 10.0. The Morgan fingerprint density at radius 3 is 2.64 bits per heavy atom. The van der Waals surface area contributed by atoms with Crippen molar-refractivity contribution in [3.8, 4) is 0 Å². The number of nitrogens with one attached hydrogen (secondary N) is 1. The predicted molar refractivity (Wildman–Crippen MR) is 89.8 cm³/mol. The second-order valence-electron chi connectivity index (χ2n) is 6.47. The van der Waals surface area contributed by atoms with Crippen molar-refractivity contribution in [1.82, 2.24) is 15.1 Å². The van der Waals surface area contributed by atoms with Gasteiger partial charge in [0, 0.05) is 6.54 Å². The van der Waals surface area contributed by atoms with Crippen molar-refractivity contribution in [2.24, 2.45) is 0 Å². The molecule has 0 aliphatic heterocycles. The first-order valence-electron chi connectivity index (χ1n) is 8.22. The first-order valence-corrected chi connectivity index (χ1v) is 8.22. The van der Waals surface area contributed by atoms with E-state index >= 15 is 0 Å². The molecule has 8 nitrogen and oxygen atoms in total. The van der Waals surface area contributed by atoms with Crippen LogP contribution in [0.15, 0.2) is 36.5 Å². The number of carbonyl (C=O) groups is 1. The van der Waals surface area contributed by atoms with Gasteiger partial charge in [-0.15, -0.1) is 0 Å². The number of nitro groups is 1. The monoisotopic (exact) mass is 344 g/mol. The van der Waals surface area contributed by atoms with Crippen LogP contribution >= 0.6 is 0 Å². The summed E-state index contributed by atoms with van der Waals surface area (Å²) in [6.07, 6.45) is 4.09. The van der Waals surface area contributed by atoms with Gasteiger partial charge in [0.2, 0.25) is 5.69 Å². The molecule has 1 aliphatic rings. The highest BCUT2D eigenvalue weighted by molar-refractivity contribution is 5.96. The molecule has 1 aromatic heterocycles. The Bertz CT molecular complexity index is 753. The van der Waals surface area contributed by atoms with Crippen LogP contribution in [-0.2, 0) is 6.54 Å². The summed E-state index contributed by atoms with van der Waals surface area (Å²) >= 11 is 0. The highest BCUT2D eigenvalue weighted by Crippen LogP contribution is 2.31. The number of rotatable bonds is 6. The number of aromatic nitrogens is 2. The van der Waals surface area contributed by atoms with E-state index in [0.717, 1.165) is 24.6 Å². The van der Waals surface area contributed by atoms with E-state index < -0.39 is 16.4 Å². The van der Waals surface area contributed by atoms with Crippen LogP contribution in [0.5, 0.6) is 0 Å². The summed E-state index contributed by atoms with van der Waals surface area (Å²) in [6.45, 7) is 0.398. The van der Waals surface area contributed by atoms with Gasteiger partial charge in [-0.2, -0.15) is 5.10 Å². The maximum absolute atomic E-state index is 12.9. The van der Waals surface area contributed by atoms with Crippen LogP contribution in [-0.4, -0.2) is 43.2 Å². The molecule has 0 unspecified atom stereocenters. The fraction of sp³-hybridized carbons (Fsp3) is 0.412. The third-order valence-electron chi connectivity index (χ3n) is 4.55. The molecule has 25 heavy (non-hydrogen) atoms. The van der Waals surface area contributed by atoms with Gasteiger partial charge in [-0.1, -0.05) is 43.2 Å². The van der Waals surface area contributed by atoms with Gasteiger partial charge in [0.25, 0.3) is 5.91 Å². The lowest BCUT2D eigenvalue weighted by Crippen LogP contribution is -2.44. The van der Waals surface area contributed by atoms with E-state index in [9.17, 15) is 20.0 Å². The van der Waals surface area contributed by atoms with Crippen molar-refractivity contribution in [2.45, 2.75) is 37.8 Å². The molecule has 8 heteroatoms. The maximum Gasteiger partial charge on any atom is 0.319 e. The zero-order chi connectivity index (χ0) is 17.9. The molecule has 3 rings (SSSR count). The Kier molecular flexibility index (Phi) is 4.80. The first-order chi connectivity index (χ1) is 12.0. The summed E-state index contributed by atoms with van der Waals surface area (Å²) in [5, 5.41) is 27.9. The van der Waals surface area contributed by atoms with E-state index in [1.807, 2.05) is 30.3 Å². The second-order valence-corrected chi connectivity index (χ2v) is 6.47. The van der Waals surface area contributed by atoms with Crippen LogP contribution in [0.3, 0.4) is 0 Å². The third-order valence-corrected chi connectivity index (χ3v) is 4.55. The fourth-order valence-electron chi connectivity index (χ4n) is 3.28. The molecule has 1 fully saturated rings. The number of benzene rings is 1. The van der Waals surface area contributed by atoms with Crippen molar-refractivity contribution >= 4 is 11.6 Å². The van der Waals surface area contributed by atoms with Crippen LogP contribution in [0, 0.1) is 10.1 Å². The van der Waals surface area contributed by atoms with Crippen molar-refractivity contribution in [3.63, 3.8) is 0 Å². The minimum Gasteiger partial charge on any atom is -0.388 e. The van der Waals surface area contributed by atoms with E-state index in [2.05, 4.69) is 10.2 Å². The Hall–Kier alpha value is -2.74. The van der Waals surface area contributed by atoms with E-state index in [1.54, 1.807) is 0 Å². The van der Waals surface area contributed by atoms with Crippen molar-refractivity contribution < 1.29 is 14.8 Å². The minimum absolute atomic E-state index is 0.136. The molecule has 0 atom stereocenters. The van der Waals surface area contributed by atoms with Crippen LogP contribution in [0.1, 0.15) is 41.7 Å². The molecular weight excluding hydrogens is 324 g/mol. The molecule has 1 saturated carbocycles. The quantitative estimate of drug-likeness (QED) is 0.616. The minimum atomic E-state index is -0.945. The molecule has 0 radical (unpaired) electrons. The van der Waals surface area contributed by atoms with Gasteiger partial charge < -0.3 is 10.0 Å². The summed E-state index contributed by atoms with van der Waals surface area (Å²) in [5.74, 6) is -0.534. The summed E-state index contributed by atoms with van der Waals surface area (Å²) in [5.41, 5.74) is -0.581. The fourth-order valence-corrected chi connectivity index (χ4v) is 3.28. The number of carbonyl (C=O) groups excluding carboxylic acids is 1. The predicted octanol–water partition coefficient (Wildman–Crippen LogP) is 2.27. The van der Waals surface area contributed by atoms with E-state index in [0.29, 0.717) is 12.8 Å². The number of hydrogen-bond acceptors (Lipinski definition) is 5. The zero-order valence-corrected chi connectivity index (χ0v) is 13.7. The Morgan fingerprint density at radius 2 is 2.00 bits per heavy atom. The molecule has 0 saturated heterocycles. The summed E-state index contributed by atoms with van der Waals surface area (Å²) in [6, 6.07) is 9.35. The molecule has 1 heterocycles. The Morgan fingerprint density at radius 1 is 1.32 bits per heavy atom. The molecule has 132 valence electrons. The smallest absolute Gasteiger partial charge is 0.319 e. The number of H-pyrrole nitrogens is 1. The SMILES string of the molecule is O=C(c1[nH]ncc1[N+](=O)[O-])N(Cc1ccccc1)CC1(O)CCCC1. The highest BCUT2D eigenvalue weighted by Gasteiger charge is 2.36.